The van der Waals surface area contributed by atoms with Crippen molar-refractivity contribution >= 4 is 25.3 Å². The van der Waals surface area contributed by atoms with Gasteiger partial charge >= 0.3 is 12.1 Å². The fourth-order valence-electron chi connectivity index (χ4n) is 3.19. The molecular weight excluding hydrogens is 435 g/mol. The molecule has 0 spiro atoms. The summed E-state index contributed by atoms with van der Waals surface area (Å²) in [5, 5.41) is 14.1. The fourth-order valence-corrected chi connectivity index (χ4v) is 4.70. The van der Waals surface area contributed by atoms with Gasteiger partial charge in [-0.3, -0.25) is 9.36 Å². The molecule has 0 aromatic heterocycles. The first-order valence-corrected chi connectivity index (χ1v) is 12.7. The first kappa shape index (κ1) is 27.7. The lowest BCUT2D eigenvalue weighted by Crippen LogP contribution is -2.45. The maximum atomic E-state index is 12.7. The number of nitrogens with one attached hydrogen (secondary N) is 2. The van der Waals surface area contributed by atoms with E-state index in [2.05, 4.69) is 10.6 Å². The van der Waals surface area contributed by atoms with Crippen molar-refractivity contribution in [2.45, 2.75) is 53.2 Å². The second-order valence-electron chi connectivity index (χ2n) is 8.78. The van der Waals surface area contributed by atoms with Crippen LogP contribution >= 0.6 is 7.37 Å². The van der Waals surface area contributed by atoms with E-state index in [-0.39, 0.29) is 31.0 Å². The minimum atomic E-state index is -3.92. The Morgan fingerprint density at radius 3 is 2.16 bits per heavy atom. The van der Waals surface area contributed by atoms with Gasteiger partial charge in [0.15, 0.2) is 0 Å². The van der Waals surface area contributed by atoms with Gasteiger partial charge < -0.3 is 25.4 Å². The number of benzene rings is 1. The number of aliphatic carboxylic acids is 1. The maximum absolute atomic E-state index is 12.7. The number of alkyl carbamates (subject to hydrolysis) is 1. The molecule has 9 nitrogen and oxygen atoms in total. The largest absolute Gasteiger partial charge is 0.480 e. The van der Waals surface area contributed by atoms with Gasteiger partial charge in [-0.2, -0.15) is 0 Å². The van der Waals surface area contributed by atoms with E-state index in [0.717, 1.165) is 5.56 Å². The van der Waals surface area contributed by atoms with Gasteiger partial charge in [-0.05, 0) is 30.2 Å². The second kappa shape index (κ2) is 13.2. The summed E-state index contributed by atoms with van der Waals surface area (Å²) in [5.74, 6) is -2.49. The molecule has 32 heavy (non-hydrogen) atoms. The molecule has 0 aliphatic carbocycles. The predicted octanol–water partition coefficient (Wildman–Crippen LogP) is 3.42. The number of carboxylic acids is 1. The molecule has 0 radical (unpaired) electrons. The monoisotopic (exact) mass is 470 g/mol. The van der Waals surface area contributed by atoms with Crippen LogP contribution in [0.4, 0.5) is 4.79 Å². The van der Waals surface area contributed by atoms with Crippen molar-refractivity contribution < 1.29 is 33.7 Å². The molecule has 0 aliphatic heterocycles. The van der Waals surface area contributed by atoms with Crippen LogP contribution in [0.5, 0.6) is 0 Å². The van der Waals surface area contributed by atoms with E-state index in [0.29, 0.717) is 6.42 Å². The van der Waals surface area contributed by atoms with Crippen LogP contribution in [0.2, 0.25) is 0 Å². The Labute approximate surface area is 189 Å². The Hall–Kier alpha value is -2.38. The predicted molar refractivity (Wildman–Crippen MR) is 121 cm³/mol. The number of carboxylic acid groups (broad SMARTS) is 1. The van der Waals surface area contributed by atoms with Crippen molar-refractivity contribution in [3.63, 3.8) is 0 Å². The summed E-state index contributed by atoms with van der Waals surface area (Å²) < 4.78 is 17.7. The van der Waals surface area contributed by atoms with Crippen molar-refractivity contribution in [1.29, 1.82) is 0 Å². The molecule has 2 amide bonds. The number of amides is 2. The lowest BCUT2D eigenvalue weighted by atomic mass is 9.96. The third-order valence-corrected chi connectivity index (χ3v) is 6.30. The Morgan fingerprint density at radius 1 is 1.03 bits per heavy atom. The molecule has 4 N–H and O–H groups in total. The minimum absolute atomic E-state index is 0.0210. The summed E-state index contributed by atoms with van der Waals surface area (Å²) in [6, 6.07) is 7.92. The van der Waals surface area contributed by atoms with E-state index in [1.165, 1.54) is 0 Å². The van der Waals surface area contributed by atoms with E-state index in [9.17, 15) is 28.9 Å². The molecule has 1 rings (SSSR count). The molecular formula is C22H35N2O7P. The van der Waals surface area contributed by atoms with Crippen molar-refractivity contribution in [2.24, 2.45) is 17.8 Å². The quantitative estimate of drug-likeness (QED) is 0.324. The van der Waals surface area contributed by atoms with Gasteiger partial charge in [-0.25, -0.2) is 9.59 Å². The standard InChI is InChI=1S/C22H35N2O7P/c1-15(2)10-18(20(25)24-19(21(26)27)11-16(3)4)13-32(29,30)14-23-22(28)31-12-17-8-6-5-7-9-17/h5-9,15-16,18-19H,10-14H2,1-4H3,(H,23,28)(H,24,25)(H,26,27)(H,29,30)/t18?,19-/m0/s1. The Kier molecular flexibility index (Phi) is 11.4. The SMILES string of the molecule is CC(C)CC(CP(=O)(O)CNC(=O)OCc1ccccc1)C(=O)N[C@@H](CC(C)C)C(=O)O. The summed E-state index contributed by atoms with van der Waals surface area (Å²) in [5.41, 5.74) is 0.776. The summed E-state index contributed by atoms with van der Waals surface area (Å²) in [6.45, 7) is 7.44. The Bertz CT molecular complexity index is 799. The molecule has 1 aromatic rings. The minimum Gasteiger partial charge on any atom is -0.480 e. The van der Waals surface area contributed by atoms with E-state index < -0.39 is 43.6 Å². The first-order valence-electron chi connectivity index (χ1n) is 10.7. The Balaban J connectivity index is 2.68. The summed E-state index contributed by atoms with van der Waals surface area (Å²) >= 11 is 0. The van der Waals surface area contributed by atoms with Crippen LogP contribution < -0.4 is 10.6 Å². The molecule has 10 heteroatoms. The number of ether oxygens (including phenoxy) is 1. The van der Waals surface area contributed by atoms with E-state index in [1.54, 1.807) is 24.3 Å². The molecule has 180 valence electrons. The zero-order valence-electron chi connectivity index (χ0n) is 19.1. The zero-order valence-corrected chi connectivity index (χ0v) is 20.0. The average Bonchev–Trinajstić information content (AvgIpc) is 2.69. The van der Waals surface area contributed by atoms with Gasteiger partial charge in [0.05, 0.1) is 6.29 Å². The Morgan fingerprint density at radius 2 is 1.62 bits per heavy atom. The first-order chi connectivity index (χ1) is 14.9. The van der Waals surface area contributed by atoms with E-state index in [4.69, 9.17) is 4.74 Å². The number of carbonyl (C=O) groups excluding carboxylic acids is 2. The van der Waals surface area contributed by atoms with Gasteiger partial charge in [-0.1, -0.05) is 58.0 Å². The van der Waals surface area contributed by atoms with Crippen LogP contribution in [0.1, 0.15) is 46.1 Å². The molecule has 0 saturated carbocycles. The third-order valence-electron chi connectivity index (χ3n) is 4.64. The molecule has 0 saturated heterocycles. The molecule has 1 aromatic carbocycles. The lowest BCUT2D eigenvalue weighted by molar-refractivity contribution is -0.142. The summed E-state index contributed by atoms with van der Waals surface area (Å²) in [6.07, 6.45) is -1.19. The normalized spacial score (nSPS) is 15.0. The van der Waals surface area contributed by atoms with Crippen molar-refractivity contribution in [2.75, 3.05) is 12.4 Å². The average molecular weight is 471 g/mol. The summed E-state index contributed by atoms with van der Waals surface area (Å²) in [4.78, 5) is 46.4. The summed E-state index contributed by atoms with van der Waals surface area (Å²) in [7, 11) is -3.92. The molecule has 0 heterocycles. The third kappa shape index (κ3) is 11.3. The molecule has 2 unspecified atom stereocenters. The highest BCUT2D eigenvalue weighted by atomic mass is 31.2. The topological polar surface area (TPSA) is 142 Å². The maximum Gasteiger partial charge on any atom is 0.407 e. The highest BCUT2D eigenvalue weighted by Crippen LogP contribution is 2.42. The van der Waals surface area contributed by atoms with Crippen LogP contribution in [-0.4, -0.2) is 46.5 Å². The highest BCUT2D eigenvalue weighted by Gasteiger charge is 2.32. The highest BCUT2D eigenvalue weighted by molar-refractivity contribution is 7.58. The number of hydrogen-bond acceptors (Lipinski definition) is 5. The number of hydrogen-bond donors (Lipinski definition) is 4. The van der Waals surface area contributed by atoms with Crippen LogP contribution in [0.25, 0.3) is 0 Å². The van der Waals surface area contributed by atoms with E-state index >= 15 is 0 Å². The van der Waals surface area contributed by atoms with E-state index in [1.807, 2.05) is 33.8 Å². The number of carbonyl (C=O) groups is 3. The van der Waals surface area contributed by atoms with Crippen molar-refractivity contribution in [3.05, 3.63) is 35.9 Å². The van der Waals surface area contributed by atoms with Crippen LogP contribution in [0, 0.1) is 17.8 Å². The van der Waals surface area contributed by atoms with Crippen molar-refractivity contribution in [3.8, 4) is 0 Å². The van der Waals surface area contributed by atoms with Gasteiger partial charge in [0.25, 0.3) is 0 Å². The van der Waals surface area contributed by atoms with Crippen LogP contribution in [0.3, 0.4) is 0 Å². The molecule has 3 atom stereocenters. The van der Waals surface area contributed by atoms with Crippen molar-refractivity contribution in [1.82, 2.24) is 10.6 Å². The van der Waals surface area contributed by atoms with Gasteiger partial charge in [0.2, 0.25) is 13.3 Å². The molecule has 0 bridgehead atoms. The molecule has 0 fully saturated rings. The number of rotatable bonds is 13. The molecule has 0 aliphatic rings. The van der Waals surface area contributed by atoms with Gasteiger partial charge in [0, 0.05) is 12.1 Å². The second-order valence-corrected chi connectivity index (χ2v) is 11.2. The lowest BCUT2D eigenvalue weighted by Gasteiger charge is -2.24. The van der Waals surface area contributed by atoms with Gasteiger partial charge in [-0.15, -0.1) is 0 Å². The smallest absolute Gasteiger partial charge is 0.407 e. The van der Waals surface area contributed by atoms with Crippen LogP contribution in [-0.2, 0) is 25.5 Å². The fraction of sp³-hybridized carbons (Fsp3) is 0.591. The zero-order chi connectivity index (χ0) is 24.3. The van der Waals surface area contributed by atoms with Gasteiger partial charge in [0.1, 0.15) is 12.6 Å². The van der Waals surface area contributed by atoms with Crippen LogP contribution in [0.15, 0.2) is 30.3 Å².